The number of hydrogen-bond donors (Lipinski definition) is 2. The molecule has 1 atom stereocenters. The summed E-state index contributed by atoms with van der Waals surface area (Å²) in [5.74, 6) is 0.536. The Balaban J connectivity index is 2.35. The SMILES string of the molecule is Cc1ccccc1NC(=O)CNCC(C)C(C)(C)C. The van der Waals surface area contributed by atoms with E-state index in [9.17, 15) is 4.79 Å². The molecule has 0 fully saturated rings. The molecule has 0 saturated carbocycles. The van der Waals surface area contributed by atoms with Gasteiger partial charge < -0.3 is 10.6 Å². The van der Waals surface area contributed by atoms with Crippen LogP contribution in [0.4, 0.5) is 5.69 Å². The van der Waals surface area contributed by atoms with Crippen molar-refractivity contribution in [2.75, 3.05) is 18.4 Å². The third-order valence-electron chi connectivity index (χ3n) is 3.63. The smallest absolute Gasteiger partial charge is 0.238 e. The third-order valence-corrected chi connectivity index (χ3v) is 3.63. The van der Waals surface area contributed by atoms with E-state index in [1.54, 1.807) is 0 Å². The maximum Gasteiger partial charge on any atom is 0.238 e. The van der Waals surface area contributed by atoms with Crippen LogP contribution in [0.2, 0.25) is 0 Å². The fraction of sp³-hybridized carbons (Fsp3) is 0.562. The van der Waals surface area contributed by atoms with Gasteiger partial charge in [0.05, 0.1) is 6.54 Å². The van der Waals surface area contributed by atoms with Gasteiger partial charge in [0.1, 0.15) is 0 Å². The van der Waals surface area contributed by atoms with E-state index in [-0.39, 0.29) is 11.3 Å². The number of benzene rings is 1. The van der Waals surface area contributed by atoms with Gasteiger partial charge in [-0.05, 0) is 36.4 Å². The summed E-state index contributed by atoms with van der Waals surface area (Å²) < 4.78 is 0. The number of para-hydroxylation sites is 1. The lowest BCUT2D eigenvalue weighted by atomic mass is 9.82. The molecule has 19 heavy (non-hydrogen) atoms. The molecule has 1 aromatic rings. The van der Waals surface area contributed by atoms with Crippen molar-refractivity contribution in [1.29, 1.82) is 0 Å². The minimum Gasteiger partial charge on any atom is -0.325 e. The second-order valence-electron chi connectivity index (χ2n) is 6.26. The van der Waals surface area contributed by atoms with E-state index in [4.69, 9.17) is 0 Å². The van der Waals surface area contributed by atoms with Crippen molar-refractivity contribution in [3.8, 4) is 0 Å². The Labute approximate surface area is 116 Å². The van der Waals surface area contributed by atoms with Crippen LogP contribution in [0.25, 0.3) is 0 Å². The zero-order valence-corrected chi connectivity index (χ0v) is 12.7. The van der Waals surface area contributed by atoms with E-state index in [2.05, 4.69) is 38.3 Å². The second kappa shape index (κ2) is 6.71. The summed E-state index contributed by atoms with van der Waals surface area (Å²) in [6, 6.07) is 7.81. The second-order valence-corrected chi connectivity index (χ2v) is 6.26. The molecule has 1 unspecified atom stereocenters. The van der Waals surface area contributed by atoms with Crippen molar-refractivity contribution >= 4 is 11.6 Å². The molecule has 1 rings (SSSR count). The largest absolute Gasteiger partial charge is 0.325 e. The molecule has 0 heterocycles. The van der Waals surface area contributed by atoms with Crippen LogP contribution < -0.4 is 10.6 Å². The zero-order valence-electron chi connectivity index (χ0n) is 12.7. The number of hydrogen-bond acceptors (Lipinski definition) is 2. The highest BCUT2D eigenvalue weighted by Gasteiger charge is 2.19. The monoisotopic (exact) mass is 262 g/mol. The Bertz CT molecular complexity index is 421. The van der Waals surface area contributed by atoms with Gasteiger partial charge in [-0.2, -0.15) is 0 Å². The van der Waals surface area contributed by atoms with Crippen LogP contribution in [0.1, 0.15) is 33.3 Å². The first kappa shape index (κ1) is 15.7. The lowest BCUT2D eigenvalue weighted by Crippen LogP contribution is -2.35. The number of amides is 1. The summed E-state index contributed by atoms with van der Waals surface area (Å²) >= 11 is 0. The van der Waals surface area contributed by atoms with Crippen molar-refractivity contribution in [3.05, 3.63) is 29.8 Å². The van der Waals surface area contributed by atoms with Crippen molar-refractivity contribution < 1.29 is 4.79 Å². The molecule has 0 aliphatic rings. The minimum absolute atomic E-state index is 0.00964. The average molecular weight is 262 g/mol. The van der Waals surface area contributed by atoms with Gasteiger partial charge in [-0.3, -0.25) is 4.79 Å². The topological polar surface area (TPSA) is 41.1 Å². The summed E-state index contributed by atoms with van der Waals surface area (Å²) in [6.07, 6.45) is 0. The van der Waals surface area contributed by atoms with Crippen molar-refractivity contribution in [2.45, 2.75) is 34.6 Å². The standard InChI is InChI=1S/C16H26N2O/c1-12-8-6-7-9-14(12)18-15(19)11-17-10-13(2)16(3,4)5/h6-9,13,17H,10-11H2,1-5H3,(H,18,19). The van der Waals surface area contributed by atoms with E-state index >= 15 is 0 Å². The van der Waals surface area contributed by atoms with Crippen molar-refractivity contribution in [2.24, 2.45) is 11.3 Å². The van der Waals surface area contributed by atoms with E-state index in [1.165, 1.54) is 0 Å². The predicted molar refractivity (Wildman–Crippen MR) is 81.3 cm³/mol. The molecule has 0 aromatic heterocycles. The lowest BCUT2D eigenvalue weighted by Gasteiger charge is -2.27. The van der Waals surface area contributed by atoms with Gasteiger partial charge in [-0.1, -0.05) is 45.9 Å². The molecular weight excluding hydrogens is 236 g/mol. The fourth-order valence-corrected chi connectivity index (χ4v) is 1.62. The molecule has 0 bridgehead atoms. The molecule has 3 heteroatoms. The van der Waals surface area contributed by atoms with Crippen LogP contribution in [0.3, 0.4) is 0 Å². The number of aryl methyl sites for hydroxylation is 1. The molecule has 1 amide bonds. The van der Waals surface area contributed by atoms with Gasteiger partial charge in [0.15, 0.2) is 0 Å². The van der Waals surface area contributed by atoms with Crippen molar-refractivity contribution in [3.63, 3.8) is 0 Å². The Kier molecular flexibility index (Phi) is 5.55. The normalized spacial score (nSPS) is 13.1. The molecule has 3 nitrogen and oxygen atoms in total. The number of carbonyl (C=O) groups is 1. The molecule has 0 spiro atoms. The van der Waals surface area contributed by atoms with E-state index in [1.807, 2.05) is 31.2 Å². The van der Waals surface area contributed by atoms with Crippen LogP contribution in [0.15, 0.2) is 24.3 Å². The van der Waals surface area contributed by atoms with Gasteiger partial charge in [-0.25, -0.2) is 0 Å². The van der Waals surface area contributed by atoms with Crippen LogP contribution in [-0.4, -0.2) is 19.0 Å². The highest BCUT2D eigenvalue weighted by molar-refractivity contribution is 5.92. The van der Waals surface area contributed by atoms with Gasteiger partial charge in [0, 0.05) is 5.69 Å². The first-order chi connectivity index (χ1) is 8.80. The summed E-state index contributed by atoms with van der Waals surface area (Å²) in [4.78, 5) is 11.8. The van der Waals surface area contributed by atoms with Crippen LogP contribution in [0.5, 0.6) is 0 Å². The fourth-order valence-electron chi connectivity index (χ4n) is 1.62. The van der Waals surface area contributed by atoms with Crippen LogP contribution in [-0.2, 0) is 4.79 Å². The first-order valence-electron chi connectivity index (χ1n) is 6.87. The zero-order chi connectivity index (χ0) is 14.5. The predicted octanol–water partition coefficient (Wildman–Crippen LogP) is 3.21. The lowest BCUT2D eigenvalue weighted by molar-refractivity contribution is -0.115. The maximum absolute atomic E-state index is 11.8. The molecule has 0 aliphatic carbocycles. The van der Waals surface area contributed by atoms with E-state index < -0.39 is 0 Å². The van der Waals surface area contributed by atoms with Gasteiger partial charge in [0.25, 0.3) is 0 Å². The molecule has 1 aromatic carbocycles. The summed E-state index contributed by atoms with van der Waals surface area (Å²) in [6.45, 7) is 12.0. The van der Waals surface area contributed by atoms with E-state index in [0.29, 0.717) is 12.5 Å². The van der Waals surface area contributed by atoms with Gasteiger partial charge in [-0.15, -0.1) is 0 Å². The molecule has 0 saturated heterocycles. The number of anilines is 1. The maximum atomic E-state index is 11.8. The third kappa shape index (κ3) is 5.43. The minimum atomic E-state index is 0.00964. The van der Waals surface area contributed by atoms with Gasteiger partial charge in [0.2, 0.25) is 5.91 Å². The summed E-state index contributed by atoms with van der Waals surface area (Å²) in [7, 11) is 0. The van der Waals surface area contributed by atoms with Gasteiger partial charge >= 0.3 is 0 Å². The van der Waals surface area contributed by atoms with Crippen molar-refractivity contribution in [1.82, 2.24) is 5.32 Å². The molecule has 0 radical (unpaired) electrons. The molecule has 106 valence electrons. The number of carbonyl (C=O) groups excluding carboxylic acids is 1. The summed E-state index contributed by atoms with van der Waals surface area (Å²) in [5.41, 5.74) is 2.23. The summed E-state index contributed by atoms with van der Waals surface area (Å²) in [5, 5.41) is 6.14. The highest BCUT2D eigenvalue weighted by atomic mass is 16.1. The molecule has 2 N–H and O–H groups in total. The molecular formula is C16H26N2O. The van der Waals surface area contributed by atoms with Crippen LogP contribution in [0, 0.1) is 18.3 Å². The van der Waals surface area contributed by atoms with E-state index in [0.717, 1.165) is 17.8 Å². The first-order valence-corrected chi connectivity index (χ1v) is 6.87. The average Bonchev–Trinajstić information content (AvgIpc) is 2.31. The highest BCUT2D eigenvalue weighted by Crippen LogP contribution is 2.24. The Morgan fingerprint density at radius 3 is 2.47 bits per heavy atom. The Hall–Kier alpha value is -1.35. The Morgan fingerprint density at radius 1 is 1.26 bits per heavy atom. The molecule has 0 aliphatic heterocycles. The quantitative estimate of drug-likeness (QED) is 0.855. The Morgan fingerprint density at radius 2 is 1.89 bits per heavy atom. The van der Waals surface area contributed by atoms with Crippen LogP contribution >= 0.6 is 0 Å². The number of nitrogens with one attached hydrogen (secondary N) is 2. The number of rotatable bonds is 5.